The molecule has 0 fully saturated rings. The third kappa shape index (κ3) is 6.27. The number of halogens is 1. The molecule has 27 heavy (non-hydrogen) atoms. The van der Waals surface area contributed by atoms with Crippen molar-refractivity contribution in [3.8, 4) is 0 Å². The lowest BCUT2D eigenvalue weighted by atomic mass is 9.95. The van der Waals surface area contributed by atoms with E-state index >= 15 is 0 Å². The Morgan fingerprint density at radius 1 is 1.22 bits per heavy atom. The minimum Gasteiger partial charge on any atom is -0.438 e. The van der Waals surface area contributed by atoms with Crippen LogP contribution in [-0.4, -0.2) is 25.0 Å². The Morgan fingerprint density at radius 3 is 2.59 bits per heavy atom. The Labute approximate surface area is 164 Å². The molecule has 0 bridgehead atoms. The van der Waals surface area contributed by atoms with Crippen LogP contribution in [0.5, 0.6) is 0 Å². The van der Waals surface area contributed by atoms with Crippen LogP contribution in [0.1, 0.15) is 31.9 Å². The first-order chi connectivity index (χ1) is 12.8. The average molecular weight is 390 g/mol. The minimum absolute atomic E-state index is 0.358. The summed E-state index contributed by atoms with van der Waals surface area (Å²) in [4.78, 5) is 17.4. The minimum atomic E-state index is -0.842. The first kappa shape index (κ1) is 20.7. The molecule has 2 aromatic carbocycles. The van der Waals surface area contributed by atoms with Gasteiger partial charge in [0.25, 0.3) is 0 Å². The highest BCUT2D eigenvalue weighted by atomic mass is 35.5. The molecular weight excluding hydrogens is 366 g/mol. The van der Waals surface area contributed by atoms with Gasteiger partial charge in [0.05, 0.1) is 5.71 Å². The van der Waals surface area contributed by atoms with Gasteiger partial charge in [-0.25, -0.2) is 4.79 Å². The predicted octanol–water partition coefficient (Wildman–Crippen LogP) is 4.52. The third-order valence-corrected chi connectivity index (χ3v) is 4.08. The predicted molar refractivity (Wildman–Crippen MR) is 108 cm³/mol. The van der Waals surface area contributed by atoms with Gasteiger partial charge in [-0.3, -0.25) is 5.32 Å². The van der Waals surface area contributed by atoms with E-state index in [1.807, 2.05) is 45.0 Å². The van der Waals surface area contributed by atoms with Crippen molar-refractivity contribution in [2.75, 3.05) is 18.5 Å². The van der Waals surface area contributed by atoms with Crippen molar-refractivity contribution in [1.29, 1.82) is 0 Å². The van der Waals surface area contributed by atoms with E-state index in [1.165, 1.54) is 0 Å². The lowest BCUT2D eigenvalue weighted by molar-refractivity contribution is 0.0466. The molecule has 0 atom stereocenters. The van der Waals surface area contributed by atoms with Gasteiger partial charge < -0.3 is 15.3 Å². The van der Waals surface area contributed by atoms with E-state index in [-0.39, 0.29) is 0 Å². The number of hydrogen-bond donors (Lipinski definition) is 2. The Hall–Kier alpha value is -2.57. The molecule has 0 aliphatic carbocycles. The number of ether oxygens (including phenoxy) is 1. The fraction of sp³-hybridized carbons (Fsp3) is 0.300. The SMILES string of the molecule is CC(=NOCCN)c1cccc(C(C)(C)OC(=O)Nc2ccc(Cl)cc2)c1. The Bertz CT molecular complexity index is 804. The molecule has 2 rings (SSSR count). The van der Waals surface area contributed by atoms with E-state index in [2.05, 4.69) is 10.5 Å². The van der Waals surface area contributed by atoms with Crippen LogP contribution in [0.3, 0.4) is 0 Å². The van der Waals surface area contributed by atoms with Crippen LogP contribution in [0.25, 0.3) is 0 Å². The number of hydrogen-bond acceptors (Lipinski definition) is 5. The lowest BCUT2D eigenvalue weighted by Gasteiger charge is -2.26. The lowest BCUT2D eigenvalue weighted by Crippen LogP contribution is -2.28. The molecule has 6 nitrogen and oxygen atoms in total. The molecule has 0 unspecified atom stereocenters. The number of carbonyl (C=O) groups excluding carboxylic acids is 1. The normalized spacial score (nSPS) is 11.8. The molecule has 2 aromatic rings. The van der Waals surface area contributed by atoms with Gasteiger partial charge in [0.1, 0.15) is 12.2 Å². The first-order valence-electron chi connectivity index (χ1n) is 8.55. The Kier molecular flexibility index (Phi) is 7.21. The molecule has 0 aliphatic rings. The quantitative estimate of drug-likeness (QED) is 0.414. The van der Waals surface area contributed by atoms with Crippen molar-refractivity contribution >= 4 is 29.1 Å². The first-order valence-corrected chi connectivity index (χ1v) is 8.93. The summed E-state index contributed by atoms with van der Waals surface area (Å²) >= 11 is 5.85. The monoisotopic (exact) mass is 389 g/mol. The summed E-state index contributed by atoms with van der Waals surface area (Å²) in [5.74, 6) is 0. The van der Waals surface area contributed by atoms with E-state index in [4.69, 9.17) is 26.9 Å². The summed E-state index contributed by atoms with van der Waals surface area (Å²) in [6.07, 6.45) is -0.551. The summed E-state index contributed by atoms with van der Waals surface area (Å²) < 4.78 is 5.62. The van der Waals surface area contributed by atoms with Crippen molar-refractivity contribution in [3.63, 3.8) is 0 Å². The second-order valence-corrected chi connectivity index (χ2v) is 6.85. The number of amides is 1. The van der Waals surface area contributed by atoms with Crippen LogP contribution < -0.4 is 11.1 Å². The zero-order chi connectivity index (χ0) is 19.9. The van der Waals surface area contributed by atoms with Gasteiger partial charge in [-0.05, 0) is 62.2 Å². The number of benzene rings is 2. The number of carbonyl (C=O) groups is 1. The zero-order valence-electron chi connectivity index (χ0n) is 15.7. The number of anilines is 1. The highest BCUT2D eigenvalue weighted by Gasteiger charge is 2.26. The van der Waals surface area contributed by atoms with Crippen LogP contribution >= 0.6 is 11.6 Å². The number of nitrogens with two attached hydrogens (primary N) is 1. The zero-order valence-corrected chi connectivity index (χ0v) is 16.4. The maximum Gasteiger partial charge on any atom is 0.412 e. The molecule has 144 valence electrons. The largest absolute Gasteiger partial charge is 0.438 e. The maximum absolute atomic E-state index is 12.3. The molecule has 0 aliphatic heterocycles. The van der Waals surface area contributed by atoms with E-state index in [9.17, 15) is 4.79 Å². The van der Waals surface area contributed by atoms with Crippen LogP contribution in [0.2, 0.25) is 5.02 Å². The van der Waals surface area contributed by atoms with Crippen molar-refractivity contribution in [3.05, 3.63) is 64.7 Å². The van der Waals surface area contributed by atoms with E-state index < -0.39 is 11.7 Å². The van der Waals surface area contributed by atoms with Crippen molar-refractivity contribution in [2.45, 2.75) is 26.4 Å². The third-order valence-electron chi connectivity index (χ3n) is 3.82. The maximum atomic E-state index is 12.3. The summed E-state index contributed by atoms with van der Waals surface area (Å²) in [6, 6.07) is 14.4. The van der Waals surface area contributed by atoms with Crippen LogP contribution in [0, 0.1) is 0 Å². The van der Waals surface area contributed by atoms with Crippen molar-refractivity contribution in [2.24, 2.45) is 10.9 Å². The Morgan fingerprint density at radius 2 is 1.93 bits per heavy atom. The van der Waals surface area contributed by atoms with Gasteiger partial charge in [0.2, 0.25) is 0 Å². The number of nitrogens with zero attached hydrogens (tertiary/aromatic N) is 1. The molecule has 0 radical (unpaired) electrons. The summed E-state index contributed by atoms with van der Waals surface area (Å²) in [6.45, 7) is 6.25. The van der Waals surface area contributed by atoms with Crippen LogP contribution in [0.15, 0.2) is 53.7 Å². The molecule has 0 saturated carbocycles. The fourth-order valence-electron chi connectivity index (χ4n) is 2.33. The van der Waals surface area contributed by atoms with E-state index in [0.717, 1.165) is 11.1 Å². The van der Waals surface area contributed by atoms with Gasteiger partial charge >= 0.3 is 6.09 Å². The molecule has 0 aromatic heterocycles. The Balaban J connectivity index is 2.08. The summed E-state index contributed by atoms with van der Waals surface area (Å²) in [5.41, 5.74) is 7.57. The molecule has 0 heterocycles. The van der Waals surface area contributed by atoms with Crippen LogP contribution in [-0.2, 0) is 15.2 Å². The van der Waals surface area contributed by atoms with Gasteiger partial charge in [-0.15, -0.1) is 0 Å². The molecular formula is C20H24ClN3O3. The summed E-state index contributed by atoms with van der Waals surface area (Å²) in [5, 5.41) is 7.32. The van der Waals surface area contributed by atoms with Crippen LogP contribution in [0.4, 0.5) is 10.5 Å². The molecule has 0 spiro atoms. The molecule has 3 N–H and O–H groups in total. The van der Waals surface area contributed by atoms with Gasteiger partial charge in [0.15, 0.2) is 0 Å². The highest BCUT2D eigenvalue weighted by molar-refractivity contribution is 6.30. The van der Waals surface area contributed by atoms with Gasteiger partial charge in [-0.2, -0.15) is 0 Å². The number of oxime groups is 1. The standard InChI is InChI=1S/C20H24ClN3O3/c1-14(24-26-12-11-22)15-5-4-6-16(13-15)20(2,3)27-19(25)23-18-9-7-17(21)8-10-18/h4-10,13H,11-12,22H2,1-3H3,(H,23,25). The number of nitrogens with one attached hydrogen (secondary N) is 1. The number of rotatable bonds is 7. The van der Waals surface area contributed by atoms with E-state index in [1.54, 1.807) is 24.3 Å². The van der Waals surface area contributed by atoms with Crippen molar-refractivity contribution < 1.29 is 14.4 Å². The van der Waals surface area contributed by atoms with Crippen molar-refractivity contribution in [1.82, 2.24) is 0 Å². The highest BCUT2D eigenvalue weighted by Crippen LogP contribution is 2.26. The molecule has 7 heteroatoms. The topological polar surface area (TPSA) is 85.9 Å². The summed E-state index contributed by atoms with van der Waals surface area (Å²) in [7, 11) is 0. The smallest absolute Gasteiger partial charge is 0.412 e. The second-order valence-electron chi connectivity index (χ2n) is 6.41. The van der Waals surface area contributed by atoms with Gasteiger partial charge in [-0.1, -0.05) is 35.0 Å². The molecule has 1 amide bonds. The van der Waals surface area contributed by atoms with E-state index in [0.29, 0.717) is 29.6 Å². The second kappa shape index (κ2) is 9.39. The molecule has 0 saturated heterocycles. The fourth-order valence-corrected chi connectivity index (χ4v) is 2.46. The van der Waals surface area contributed by atoms with Gasteiger partial charge in [0, 0.05) is 17.3 Å². The average Bonchev–Trinajstić information content (AvgIpc) is 2.63.